The lowest BCUT2D eigenvalue weighted by Gasteiger charge is -2.28. The predicted octanol–water partition coefficient (Wildman–Crippen LogP) is 0.683. The Kier molecular flexibility index (Phi) is 7.00. The monoisotopic (exact) mass is 393 g/mol. The molecule has 0 radical (unpaired) electrons. The SMILES string of the molecule is BC(B)(CCOC1CCCCO1)Oc1nn(C2CCOCC2)c(C)c1[N+](=O)[O-]. The van der Waals surface area contributed by atoms with E-state index in [1.807, 2.05) is 15.7 Å². The van der Waals surface area contributed by atoms with E-state index in [4.69, 9.17) is 18.9 Å². The molecule has 9 nitrogen and oxygen atoms in total. The average molecular weight is 393 g/mol. The molecule has 0 N–H and O–H groups in total. The third-order valence-electron chi connectivity index (χ3n) is 5.33. The van der Waals surface area contributed by atoms with Gasteiger partial charge in [-0.05, 0) is 45.4 Å². The average Bonchev–Trinajstić information content (AvgIpc) is 2.98. The second kappa shape index (κ2) is 9.28. The molecule has 1 aromatic rings. The topological polar surface area (TPSA) is 97.9 Å². The molecule has 0 saturated carbocycles. The van der Waals surface area contributed by atoms with Crippen molar-refractivity contribution < 1.29 is 23.9 Å². The molecule has 28 heavy (non-hydrogen) atoms. The maximum absolute atomic E-state index is 11.7. The molecule has 2 aliphatic heterocycles. The largest absolute Gasteiger partial charge is 0.484 e. The number of hydrogen-bond donors (Lipinski definition) is 0. The minimum Gasteiger partial charge on any atom is -0.484 e. The first-order chi connectivity index (χ1) is 13.4. The Morgan fingerprint density at radius 3 is 2.68 bits per heavy atom. The number of hydrogen-bond acceptors (Lipinski definition) is 7. The standard InChI is InChI=1S/C17H29B2N3O6/c1-12-15(22(23)24)16(20-21(12)13-5-9-25-10-6-13)28-17(18,19)7-11-27-14-4-2-3-8-26-14/h13-14H,2-11,18-19H2,1H3. The minimum absolute atomic E-state index is 0.0592. The van der Waals surface area contributed by atoms with Gasteiger partial charge in [0.05, 0.1) is 17.6 Å². The molecular formula is C17H29B2N3O6. The normalized spacial score (nSPS) is 21.5. The van der Waals surface area contributed by atoms with Gasteiger partial charge in [0.25, 0.3) is 0 Å². The van der Waals surface area contributed by atoms with Crippen LogP contribution in [-0.4, -0.2) is 68.5 Å². The van der Waals surface area contributed by atoms with E-state index in [0.717, 1.165) is 38.7 Å². The Labute approximate surface area is 167 Å². The highest BCUT2D eigenvalue weighted by Gasteiger charge is 2.33. The fourth-order valence-electron chi connectivity index (χ4n) is 3.64. The van der Waals surface area contributed by atoms with Gasteiger partial charge >= 0.3 is 11.6 Å². The third kappa shape index (κ3) is 5.27. The molecule has 11 heteroatoms. The lowest BCUT2D eigenvalue weighted by atomic mass is 9.63. The van der Waals surface area contributed by atoms with Gasteiger partial charge in [0, 0.05) is 25.2 Å². The first-order valence-corrected chi connectivity index (χ1v) is 10.1. The van der Waals surface area contributed by atoms with E-state index in [-0.39, 0.29) is 23.9 Å². The predicted molar refractivity (Wildman–Crippen MR) is 107 cm³/mol. The van der Waals surface area contributed by atoms with Crippen LogP contribution in [0, 0.1) is 17.0 Å². The van der Waals surface area contributed by atoms with Crippen molar-refractivity contribution in [1.82, 2.24) is 9.78 Å². The Bertz CT molecular complexity index is 672. The van der Waals surface area contributed by atoms with Gasteiger partial charge in [-0.3, -0.25) is 14.8 Å². The molecule has 3 heterocycles. The molecule has 0 amide bonds. The van der Waals surface area contributed by atoms with Crippen LogP contribution in [0.3, 0.4) is 0 Å². The molecule has 0 aromatic carbocycles. The highest BCUT2D eigenvalue weighted by Crippen LogP contribution is 2.35. The summed E-state index contributed by atoms with van der Waals surface area (Å²) in [6.07, 6.45) is 5.09. The molecule has 0 bridgehead atoms. The van der Waals surface area contributed by atoms with Gasteiger partial charge in [-0.2, -0.15) is 0 Å². The van der Waals surface area contributed by atoms with E-state index in [9.17, 15) is 10.1 Å². The van der Waals surface area contributed by atoms with Crippen molar-refractivity contribution >= 4 is 21.4 Å². The van der Waals surface area contributed by atoms with Crippen molar-refractivity contribution in [3.8, 4) is 5.88 Å². The maximum Gasteiger partial charge on any atom is 0.352 e. The van der Waals surface area contributed by atoms with Gasteiger partial charge in [0.15, 0.2) is 6.29 Å². The number of rotatable bonds is 8. The van der Waals surface area contributed by atoms with Crippen molar-refractivity contribution in [3.05, 3.63) is 15.8 Å². The lowest BCUT2D eigenvalue weighted by Crippen LogP contribution is -2.39. The van der Waals surface area contributed by atoms with Crippen molar-refractivity contribution in [2.24, 2.45) is 0 Å². The van der Waals surface area contributed by atoms with Gasteiger partial charge in [-0.1, -0.05) is 0 Å². The summed E-state index contributed by atoms with van der Waals surface area (Å²) in [6, 6.07) is 0.0969. The van der Waals surface area contributed by atoms with Crippen molar-refractivity contribution in [3.63, 3.8) is 0 Å². The highest BCUT2D eigenvalue weighted by molar-refractivity contribution is 6.39. The van der Waals surface area contributed by atoms with Crippen molar-refractivity contribution in [2.75, 3.05) is 26.4 Å². The molecule has 1 atom stereocenters. The quantitative estimate of drug-likeness (QED) is 0.364. The van der Waals surface area contributed by atoms with Crippen molar-refractivity contribution in [1.29, 1.82) is 0 Å². The number of ether oxygens (including phenoxy) is 4. The molecule has 1 unspecified atom stereocenters. The first kappa shape index (κ1) is 21.1. The van der Waals surface area contributed by atoms with Crippen LogP contribution in [0.5, 0.6) is 5.88 Å². The molecule has 154 valence electrons. The van der Waals surface area contributed by atoms with Crippen LogP contribution in [0.2, 0.25) is 0 Å². The van der Waals surface area contributed by atoms with E-state index in [0.29, 0.717) is 31.9 Å². The summed E-state index contributed by atoms with van der Waals surface area (Å²) >= 11 is 0. The van der Waals surface area contributed by atoms with E-state index >= 15 is 0 Å². The summed E-state index contributed by atoms with van der Waals surface area (Å²) in [5.41, 5.74) is 0.464. The number of nitrogens with zero attached hydrogens (tertiary/aromatic N) is 3. The van der Waals surface area contributed by atoms with Gasteiger partial charge in [-0.25, -0.2) is 0 Å². The summed E-state index contributed by atoms with van der Waals surface area (Å²) in [7, 11) is 3.79. The fourth-order valence-corrected chi connectivity index (χ4v) is 3.64. The zero-order valence-electron chi connectivity index (χ0n) is 17.0. The van der Waals surface area contributed by atoms with Crippen LogP contribution in [0.1, 0.15) is 50.3 Å². The van der Waals surface area contributed by atoms with Crippen LogP contribution in [-0.2, 0) is 14.2 Å². The summed E-state index contributed by atoms with van der Waals surface area (Å²) in [5.74, 6) is 0.0768. The second-order valence-electron chi connectivity index (χ2n) is 8.06. The van der Waals surface area contributed by atoms with Crippen LogP contribution >= 0.6 is 0 Å². The first-order valence-electron chi connectivity index (χ1n) is 10.1. The molecule has 2 saturated heterocycles. The lowest BCUT2D eigenvalue weighted by molar-refractivity contribution is -0.386. The maximum atomic E-state index is 11.7. The Morgan fingerprint density at radius 2 is 2.04 bits per heavy atom. The highest BCUT2D eigenvalue weighted by atomic mass is 16.7. The van der Waals surface area contributed by atoms with Crippen LogP contribution in [0.15, 0.2) is 0 Å². The number of nitro groups is 1. The summed E-state index contributed by atoms with van der Waals surface area (Å²) < 4.78 is 24.5. The van der Waals surface area contributed by atoms with Crippen molar-refractivity contribution in [2.45, 2.75) is 63.2 Å². The Balaban J connectivity index is 1.66. The summed E-state index contributed by atoms with van der Waals surface area (Å²) in [5, 5.41) is 15.5. The third-order valence-corrected chi connectivity index (χ3v) is 5.33. The van der Waals surface area contributed by atoms with E-state index in [1.165, 1.54) is 0 Å². The van der Waals surface area contributed by atoms with E-state index in [1.54, 1.807) is 11.6 Å². The fraction of sp³-hybridized carbons (Fsp3) is 0.824. The molecule has 0 spiro atoms. The molecule has 2 fully saturated rings. The van der Waals surface area contributed by atoms with Gasteiger partial charge in [0.2, 0.25) is 0 Å². The zero-order chi connectivity index (χ0) is 20.1. The van der Waals surface area contributed by atoms with Gasteiger partial charge < -0.3 is 18.9 Å². The number of aromatic nitrogens is 2. The molecule has 3 rings (SSSR count). The molecular weight excluding hydrogens is 364 g/mol. The van der Waals surface area contributed by atoms with Gasteiger partial charge in [-0.15, -0.1) is 5.10 Å². The van der Waals surface area contributed by atoms with Crippen LogP contribution in [0.25, 0.3) is 0 Å². The molecule has 1 aromatic heterocycles. The minimum atomic E-state index is -0.652. The summed E-state index contributed by atoms with van der Waals surface area (Å²) in [6.45, 7) is 4.20. The smallest absolute Gasteiger partial charge is 0.352 e. The van der Waals surface area contributed by atoms with Crippen LogP contribution < -0.4 is 4.74 Å². The molecule has 2 aliphatic rings. The van der Waals surface area contributed by atoms with E-state index in [2.05, 4.69) is 5.10 Å². The van der Waals surface area contributed by atoms with Gasteiger partial charge in [0.1, 0.15) is 21.4 Å². The Hall–Kier alpha value is -1.58. The van der Waals surface area contributed by atoms with E-state index < -0.39 is 10.3 Å². The second-order valence-corrected chi connectivity index (χ2v) is 8.06. The Morgan fingerprint density at radius 1 is 1.29 bits per heavy atom. The van der Waals surface area contributed by atoms with Crippen LogP contribution in [0.4, 0.5) is 5.69 Å². The summed E-state index contributed by atoms with van der Waals surface area (Å²) in [4.78, 5) is 11.2. The molecule has 0 aliphatic carbocycles. The zero-order valence-corrected chi connectivity index (χ0v) is 17.0.